The minimum Gasteiger partial charge on any atom is -0.339 e. The van der Waals surface area contributed by atoms with Crippen LogP contribution < -0.4 is 5.32 Å². The van der Waals surface area contributed by atoms with Crippen LogP contribution in [-0.4, -0.2) is 39.8 Å². The number of hydrogen-bond donors (Lipinski definition) is 1. The molecule has 28 heavy (non-hydrogen) atoms. The summed E-state index contributed by atoms with van der Waals surface area (Å²) in [6.07, 6.45) is 13.8. The Bertz CT molecular complexity index is 940. The number of carbonyl (C=O) groups is 2. The number of aromatic nitrogens is 2. The van der Waals surface area contributed by atoms with Crippen molar-refractivity contribution in [3.05, 3.63) is 65.1 Å². The van der Waals surface area contributed by atoms with Gasteiger partial charge in [-0.15, -0.1) is 0 Å². The summed E-state index contributed by atoms with van der Waals surface area (Å²) in [4.78, 5) is 34.2. The largest absolute Gasteiger partial charge is 0.339 e. The Morgan fingerprint density at radius 2 is 1.96 bits per heavy atom. The lowest BCUT2D eigenvalue weighted by atomic mass is 10.0. The molecule has 1 saturated heterocycles. The molecule has 0 spiro atoms. The van der Waals surface area contributed by atoms with Gasteiger partial charge in [0.2, 0.25) is 11.8 Å². The maximum atomic E-state index is 12.5. The van der Waals surface area contributed by atoms with E-state index in [-0.39, 0.29) is 11.8 Å². The molecule has 2 aromatic rings. The summed E-state index contributed by atoms with van der Waals surface area (Å²) in [7, 11) is 0. The quantitative estimate of drug-likeness (QED) is 0.838. The van der Waals surface area contributed by atoms with Crippen LogP contribution in [0.15, 0.2) is 48.4 Å². The lowest BCUT2D eigenvalue weighted by Gasteiger charge is -2.27. The molecule has 0 radical (unpaired) electrons. The van der Waals surface area contributed by atoms with Crippen LogP contribution in [0.2, 0.25) is 0 Å². The fourth-order valence-electron chi connectivity index (χ4n) is 3.49. The van der Waals surface area contributed by atoms with Crippen LogP contribution in [0.1, 0.15) is 36.0 Å². The normalized spacial score (nSPS) is 16.6. The molecule has 2 aliphatic heterocycles. The summed E-state index contributed by atoms with van der Waals surface area (Å²) in [5, 5.41) is 2.77. The monoisotopic (exact) mass is 374 g/mol. The number of carbonyl (C=O) groups excluding carboxylic acids is 2. The van der Waals surface area contributed by atoms with Crippen molar-refractivity contribution in [2.75, 3.05) is 18.4 Å². The van der Waals surface area contributed by atoms with Crippen molar-refractivity contribution in [3.8, 4) is 0 Å². The van der Waals surface area contributed by atoms with Crippen LogP contribution in [0.5, 0.6) is 0 Å². The third-order valence-electron chi connectivity index (χ3n) is 5.06. The molecule has 1 N–H and O–H groups in total. The minimum absolute atomic E-state index is 0.000476. The number of fused-ring (bicyclic) bond motifs is 1. The first-order valence-electron chi connectivity index (χ1n) is 9.52. The molecule has 0 aliphatic carbocycles. The third kappa shape index (κ3) is 4.34. The molecule has 6 nitrogen and oxygen atoms in total. The average Bonchev–Trinajstić information content (AvgIpc) is 2.73. The van der Waals surface area contributed by atoms with E-state index >= 15 is 0 Å². The number of rotatable bonds is 3. The SMILES string of the molecule is O=C1CCc2cc(C=CC(=O)N3CCC(=Cc4cccnc4)CC3)cnc2N1. The molecule has 2 aliphatic rings. The number of amides is 2. The van der Waals surface area contributed by atoms with E-state index in [1.54, 1.807) is 24.5 Å². The summed E-state index contributed by atoms with van der Waals surface area (Å²) in [6.45, 7) is 1.45. The molecule has 4 heterocycles. The maximum Gasteiger partial charge on any atom is 0.246 e. The maximum absolute atomic E-state index is 12.5. The predicted molar refractivity (Wildman–Crippen MR) is 108 cm³/mol. The first-order valence-corrected chi connectivity index (χ1v) is 9.52. The van der Waals surface area contributed by atoms with E-state index in [0.717, 1.165) is 42.6 Å². The number of pyridine rings is 2. The molecule has 2 aromatic heterocycles. The van der Waals surface area contributed by atoms with E-state index in [9.17, 15) is 9.59 Å². The predicted octanol–water partition coefficient (Wildman–Crippen LogP) is 3.08. The van der Waals surface area contributed by atoms with Gasteiger partial charge in [-0.05, 0) is 54.2 Å². The van der Waals surface area contributed by atoms with Gasteiger partial charge in [0.1, 0.15) is 5.82 Å². The molecule has 0 aromatic carbocycles. The minimum atomic E-state index is 0.000476. The number of aryl methyl sites for hydroxylation is 1. The van der Waals surface area contributed by atoms with Gasteiger partial charge in [-0.2, -0.15) is 0 Å². The second-order valence-corrected chi connectivity index (χ2v) is 7.07. The summed E-state index contributed by atoms with van der Waals surface area (Å²) < 4.78 is 0. The van der Waals surface area contributed by atoms with Crippen molar-refractivity contribution in [3.63, 3.8) is 0 Å². The van der Waals surface area contributed by atoms with Gasteiger partial charge in [-0.25, -0.2) is 4.98 Å². The molecule has 6 heteroatoms. The highest BCUT2D eigenvalue weighted by Gasteiger charge is 2.18. The molecule has 0 unspecified atom stereocenters. The number of anilines is 1. The highest BCUT2D eigenvalue weighted by Crippen LogP contribution is 2.22. The molecular weight excluding hydrogens is 352 g/mol. The Morgan fingerprint density at radius 1 is 1.11 bits per heavy atom. The van der Waals surface area contributed by atoms with Crippen molar-refractivity contribution < 1.29 is 9.59 Å². The van der Waals surface area contributed by atoms with Crippen molar-refractivity contribution in [2.45, 2.75) is 25.7 Å². The van der Waals surface area contributed by atoms with Crippen molar-refractivity contribution >= 4 is 29.8 Å². The zero-order chi connectivity index (χ0) is 19.3. The van der Waals surface area contributed by atoms with E-state index in [4.69, 9.17) is 0 Å². The van der Waals surface area contributed by atoms with Crippen molar-refractivity contribution in [1.29, 1.82) is 0 Å². The topological polar surface area (TPSA) is 75.2 Å². The summed E-state index contributed by atoms with van der Waals surface area (Å²) in [6, 6.07) is 5.95. The van der Waals surface area contributed by atoms with Crippen LogP contribution in [-0.2, 0) is 16.0 Å². The first kappa shape index (κ1) is 18.1. The van der Waals surface area contributed by atoms with E-state index in [0.29, 0.717) is 18.7 Å². The van der Waals surface area contributed by atoms with Crippen LogP contribution in [0.3, 0.4) is 0 Å². The Labute approximate surface area is 164 Å². The average molecular weight is 374 g/mol. The number of hydrogen-bond acceptors (Lipinski definition) is 4. The number of piperidine rings is 1. The molecule has 4 rings (SSSR count). The van der Waals surface area contributed by atoms with E-state index in [1.165, 1.54) is 5.57 Å². The molecule has 0 saturated carbocycles. The van der Waals surface area contributed by atoms with Gasteiger partial charge < -0.3 is 10.2 Å². The fourth-order valence-corrected chi connectivity index (χ4v) is 3.49. The van der Waals surface area contributed by atoms with Crippen LogP contribution in [0.4, 0.5) is 5.82 Å². The van der Waals surface area contributed by atoms with Crippen LogP contribution in [0, 0.1) is 0 Å². The van der Waals surface area contributed by atoms with Gasteiger partial charge >= 0.3 is 0 Å². The zero-order valence-corrected chi connectivity index (χ0v) is 15.6. The second-order valence-electron chi connectivity index (χ2n) is 7.07. The van der Waals surface area contributed by atoms with Crippen LogP contribution >= 0.6 is 0 Å². The Kier molecular flexibility index (Phi) is 5.28. The van der Waals surface area contributed by atoms with Gasteiger partial charge in [0.25, 0.3) is 0 Å². The molecule has 0 atom stereocenters. The summed E-state index contributed by atoms with van der Waals surface area (Å²) >= 11 is 0. The summed E-state index contributed by atoms with van der Waals surface area (Å²) in [5.41, 5.74) is 4.34. The smallest absolute Gasteiger partial charge is 0.246 e. The highest BCUT2D eigenvalue weighted by molar-refractivity contribution is 5.94. The number of nitrogens with zero attached hydrogens (tertiary/aromatic N) is 3. The number of likely N-dealkylation sites (tertiary alicyclic amines) is 1. The summed E-state index contributed by atoms with van der Waals surface area (Å²) in [5.74, 6) is 0.649. The first-order chi connectivity index (χ1) is 13.7. The van der Waals surface area contributed by atoms with Crippen molar-refractivity contribution in [2.24, 2.45) is 0 Å². The van der Waals surface area contributed by atoms with Crippen molar-refractivity contribution in [1.82, 2.24) is 14.9 Å². The lowest BCUT2D eigenvalue weighted by molar-refractivity contribution is -0.126. The Balaban J connectivity index is 1.35. The second kappa shape index (κ2) is 8.17. The molecule has 1 fully saturated rings. The van der Waals surface area contributed by atoms with Gasteiger partial charge in [0.15, 0.2) is 0 Å². The van der Waals surface area contributed by atoms with Gasteiger partial charge in [-0.1, -0.05) is 17.7 Å². The van der Waals surface area contributed by atoms with E-state index < -0.39 is 0 Å². The molecular formula is C22H22N4O2. The van der Waals surface area contributed by atoms with Gasteiger partial charge in [0, 0.05) is 44.2 Å². The van der Waals surface area contributed by atoms with Gasteiger partial charge in [0.05, 0.1) is 0 Å². The Morgan fingerprint density at radius 3 is 2.75 bits per heavy atom. The van der Waals surface area contributed by atoms with Crippen LogP contribution in [0.25, 0.3) is 12.2 Å². The third-order valence-corrected chi connectivity index (χ3v) is 5.06. The lowest BCUT2D eigenvalue weighted by Crippen LogP contribution is -2.35. The highest BCUT2D eigenvalue weighted by atomic mass is 16.2. The van der Waals surface area contributed by atoms with E-state index in [1.807, 2.05) is 29.3 Å². The Hall–Kier alpha value is -3.28. The standard InChI is InChI=1S/C22H22N4O2/c27-20-5-4-19-13-18(15-24-22(19)25-20)3-6-21(28)26-10-7-16(8-11-26)12-17-2-1-9-23-14-17/h1-3,6,9,12-15H,4-5,7-8,10-11H2,(H,24,25,27). The number of nitrogens with one attached hydrogen (secondary N) is 1. The van der Waals surface area contributed by atoms with E-state index in [2.05, 4.69) is 21.4 Å². The van der Waals surface area contributed by atoms with Gasteiger partial charge in [-0.3, -0.25) is 14.6 Å². The molecule has 0 bridgehead atoms. The fraction of sp³-hybridized carbons (Fsp3) is 0.273. The molecule has 2 amide bonds. The zero-order valence-electron chi connectivity index (χ0n) is 15.6. The molecule has 142 valence electrons.